The monoisotopic (exact) mass is 392 g/mol. The molecule has 1 aliphatic heterocycles. The number of anilines is 2. The number of phenolic OH excluding ortho intramolecular Hbond substituents is 1. The number of hydrogen-bond donors (Lipinski definition) is 3. The Hall–Kier alpha value is -3.61. The predicted octanol–water partition coefficient (Wildman–Crippen LogP) is 2.81. The lowest BCUT2D eigenvalue weighted by atomic mass is 10.1. The quantitative estimate of drug-likeness (QED) is 0.366. The Balaban J connectivity index is 1.53. The van der Waals surface area contributed by atoms with Gasteiger partial charge in [-0.1, -0.05) is 24.3 Å². The van der Waals surface area contributed by atoms with Gasteiger partial charge in [0.15, 0.2) is 0 Å². The van der Waals surface area contributed by atoms with Crippen LogP contribution in [-0.2, 0) is 16.0 Å². The first-order valence-corrected chi connectivity index (χ1v) is 9.46. The molecule has 1 fully saturated rings. The Morgan fingerprint density at radius 2 is 2.10 bits per heavy atom. The molecule has 2 amide bonds. The second-order valence-electron chi connectivity index (χ2n) is 6.69. The van der Waals surface area contributed by atoms with Crippen molar-refractivity contribution in [1.29, 1.82) is 0 Å². The highest BCUT2D eigenvalue weighted by atomic mass is 16.3. The topological polar surface area (TPSA) is 94.0 Å². The van der Waals surface area contributed by atoms with Crippen molar-refractivity contribution in [2.45, 2.75) is 19.3 Å². The lowest BCUT2D eigenvalue weighted by Crippen LogP contribution is -2.26. The number of nitrogens with one attached hydrogen (secondary N) is 2. The van der Waals surface area contributed by atoms with Gasteiger partial charge in [0.25, 0.3) is 5.91 Å². The Morgan fingerprint density at radius 1 is 1.28 bits per heavy atom. The molecule has 0 saturated carbocycles. The fourth-order valence-corrected chi connectivity index (χ4v) is 3.14. The van der Waals surface area contributed by atoms with Crippen LogP contribution in [-0.4, -0.2) is 36.2 Å². The molecule has 0 atom stereocenters. The standard InChI is InChI=1S/C22H24N4O3/c1-2-6-16-7-3-8-17(22(16)29)14-24-25-20(27)15-23-18-9-4-10-19(13-18)26-12-5-11-21(26)28/h2-4,7-10,13-14,23,29H,1,5-6,11-12,15H2,(H,25,27)/b24-14-. The number of rotatable bonds is 8. The molecule has 0 aromatic heterocycles. The summed E-state index contributed by atoms with van der Waals surface area (Å²) in [6.45, 7) is 4.41. The summed E-state index contributed by atoms with van der Waals surface area (Å²) in [5.74, 6) is -0.0860. The smallest absolute Gasteiger partial charge is 0.259 e. The molecular formula is C22H24N4O3. The normalized spacial score (nSPS) is 13.7. The third kappa shape index (κ3) is 5.22. The summed E-state index contributed by atoms with van der Waals surface area (Å²) in [4.78, 5) is 25.7. The number of aromatic hydroxyl groups is 1. The zero-order valence-corrected chi connectivity index (χ0v) is 16.1. The van der Waals surface area contributed by atoms with Gasteiger partial charge in [0, 0.05) is 29.9 Å². The largest absolute Gasteiger partial charge is 0.507 e. The first-order chi connectivity index (χ1) is 14.1. The molecular weight excluding hydrogens is 368 g/mol. The van der Waals surface area contributed by atoms with E-state index in [0.717, 1.165) is 29.9 Å². The lowest BCUT2D eigenvalue weighted by Gasteiger charge is -2.16. The van der Waals surface area contributed by atoms with E-state index in [2.05, 4.69) is 22.4 Å². The van der Waals surface area contributed by atoms with Crippen LogP contribution in [0.3, 0.4) is 0 Å². The summed E-state index contributed by atoms with van der Waals surface area (Å²) in [5.41, 5.74) is 5.26. The molecule has 2 aromatic carbocycles. The third-order valence-electron chi connectivity index (χ3n) is 4.59. The molecule has 3 N–H and O–H groups in total. The molecule has 1 saturated heterocycles. The number of nitrogens with zero attached hydrogens (tertiary/aromatic N) is 2. The van der Waals surface area contributed by atoms with Crippen molar-refractivity contribution in [1.82, 2.24) is 5.43 Å². The van der Waals surface area contributed by atoms with Crippen LogP contribution in [0.15, 0.2) is 60.2 Å². The van der Waals surface area contributed by atoms with Gasteiger partial charge < -0.3 is 15.3 Å². The molecule has 29 heavy (non-hydrogen) atoms. The number of hydrazone groups is 1. The van der Waals surface area contributed by atoms with E-state index >= 15 is 0 Å². The second kappa shape index (κ2) is 9.54. The number of para-hydroxylation sites is 1. The predicted molar refractivity (Wildman–Crippen MR) is 114 cm³/mol. The number of carbonyl (C=O) groups excluding carboxylic acids is 2. The van der Waals surface area contributed by atoms with Crippen molar-refractivity contribution >= 4 is 29.4 Å². The molecule has 7 nitrogen and oxygen atoms in total. The van der Waals surface area contributed by atoms with Crippen LogP contribution in [0.25, 0.3) is 0 Å². The fourth-order valence-electron chi connectivity index (χ4n) is 3.14. The molecule has 3 rings (SSSR count). The van der Waals surface area contributed by atoms with Crippen molar-refractivity contribution in [3.8, 4) is 5.75 Å². The minimum Gasteiger partial charge on any atom is -0.507 e. The summed E-state index contributed by atoms with van der Waals surface area (Å²) in [6, 6.07) is 12.7. The molecule has 7 heteroatoms. The molecule has 0 aliphatic carbocycles. The van der Waals surface area contributed by atoms with Gasteiger partial charge in [-0.3, -0.25) is 9.59 Å². The van der Waals surface area contributed by atoms with E-state index in [9.17, 15) is 14.7 Å². The Labute approximate surface area is 169 Å². The first-order valence-electron chi connectivity index (χ1n) is 9.46. The van der Waals surface area contributed by atoms with Gasteiger partial charge in [0.05, 0.1) is 12.8 Å². The highest BCUT2D eigenvalue weighted by Gasteiger charge is 2.21. The number of hydrogen-bond acceptors (Lipinski definition) is 5. The van der Waals surface area contributed by atoms with E-state index < -0.39 is 0 Å². The number of phenols is 1. The highest BCUT2D eigenvalue weighted by molar-refractivity contribution is 5.95. The maximum Gasteiger partial charge on any atom is 0.259 e. The van der Waals surface area contributed by atoms with Crippen LogP contribution in [0.4, 0.5) is 11.4 Å². The minimum atomic E-state index is -0.328. The molecule has 0 radical (unpaired) electrons. The van der Waals surface area contributed by atoms with E-state index in [4.69, 9.17) is 0 Å². The zero-order valence-electron chi connectivity index (χ0n) is 16.1. The maximum atomic E-state index is 12.0. The SMILES string of the molecule is C=CCc1cccc(/C=N\NC(=O)CNc2cccc(N3CCCC3=O)c2)c1O. The zero-order chi connectivity index (χ0) is 20.6. The average Bonchev–Trinajstić information content (AvgIpc) is 3.15. The minimum absolute atomic E-state index is 0.0250. The number of benzene rings is 2. The van der Waals surface area contributed by atoms with Crippen molar-refractivity contribution in [3.05, 3.63) is 66.2 Å². The van der Waals surface area contributed by atoms with Gasteiger partial charge in [0.1, 0.15) is 5.75 Å². The summed E-state index contributed by atoms with van der Waals surface area (Å²) >= 11 is 0. The highest BCUT2D eigenvalue weighted by Crippen LogP contribution is 2.24. The van der Waals surface area contributed by atoms with Crippen molar-refractivity contribution in [3.63, 3.8) is 0 Å². The summed E-state index contributed by atoms with van der Waals surface area (Å²) in [7, 11) is 0. The number of carbonyl (C=O) groups is 2. The van der Waals surface area contributed by atoms with E-state index in [1.165, 1.54) is 6.21 Å². The van der Waals surface area contributed by atoms with E-state index in [1.54, 1.807) is 29.2 Å². The van der Waals surface area contributed by atoms with Gasteiger partial charge in [-0.25, -0.2) is 5.43 Å². The summed E-state index contributed by atoms with van der Waals surface area (Å²) < 4.78 is 0. The van der Waals surface area contributed by atoms with E-state index in [1.807, 2.05) is 24.3 Å². The molecule has 150 valence electrons. The van der Waals surface area contributed by atoms with Crippen LogP contribution in [0, 0.1) is 0 Å². The lowest BCUT2D eigenvalue weighted by molar-refractivity contribution is -0.119. The molecule has 0 bridgehead atoms. The van der Waals surface area contributed by atoms with Gasteiger partial charge in [-0.05, 0) is 42.7 Å². The number of amides is 2. The van der Waals surface area contributed by atoms with Crippen LogP contribution < -0.4 is 15.6 Å². The van der Waals surface area contributed by atoms with E-state index in [-0.39, 0.29) is 24.1 Å². The summed E-state index contributed by atoms with van der Waals surface area (Å²) in [5, 5.41) is 17.1. The second-order valence-corrected chi connectivity index (χ2v) is 6.69. The molecule has 0 unspecified atom stereocenters. The Morgan fingerprint density at radius 3 is 2.86 bits per heavy atom. The summed E-state index contributed by atoms with van der Waals surface area (Å²) in [6.07, 6.45) is 5.09. The Bertz CT molecular complexity index is 939. The maximum absolute atomic E-state index is 12.0. The van der Waals surface area contributed by atoms with Crippen molar-refractivity contribution in [2.24, 2.45) is 5.10 Å². The van der Waals surface area contributed by atoms with Gasteiger partial charge in [-0.15, -0.1) is 6.58 Å². The first kappa shape index (κ1) is 20.1. The average molecular weight is 392 g/mol. The molecule has 0 spiro atoms. The van der Waals surface area contributed by atoms with Crippen molar-refractivity contribution < 1.29 is 14.7 Å². The number of allylic oxidation sites excluding steroid dienone is 1. The van der Waals surface area contributed by atoms with Crippen LogP contribution in [0.2, 0.25) is 0 Å². The van der Waals surface area contributed by atoms with Crippen LogP contribution >= 0.6 is 0 Å². The van der Waals surface area contributed by atoms with Gasteiger partial charge in [-0.2, -0.15) is 5.10 Å². The van der Waals surface area contributed by atoms with Gasteiger partial charge in [0.2, 0.25) is 5.91 Å². The Kier molecular flexibility index (Phi) is 6.63. The van der Waals surface area contributed by atoms with E-state index in [0.29, 0.717) is 18.4 Å². The third-order valence-corrected chi connectivity index (χ3v) is 4.59. The molecule has 1 heterocycles. The van der Waals surface area contributed by atoms with Crippen LogP contribution in [0.5, 0.6) is 5.75 Å². The fraction of sp³-hybridized carbons (Fsp3) is 0.227. The molecule has 1 aliphatic rings. The molecule has 2 aromatic rings. The van der Waals surface area contributed by atoms with Gasteiger partial charge >= 0.3 is 0 Å². The van der Waals surface area contributed by atoms with Crippen LogP contribution in [0.1, 0.15) is 24.0 Å². The van der Waals surface area contributed by atoms with Crippen molar-refractivity contribution in [2.75, 3.05) is 23.3 Å².